The molecule has 0 aliphatic carbocycles. The Bertz CT molecular complexity index is 1720. The lowest BCUT2D eigenvalue weighted by atomic mass is 9.91. The quantitative estimate of drug-likeness (QED) is 0.215. The van der Waals surface area contributed by atoms with E-state index in [0.717, 1.165) is 13.1 Å². The van der Waals surface area contributed by atoms with Crippen molar-refractivity contribution in [2.75, 3.05) is 23.9 Å². The lowest BCUT2D eigenvalue weighted by molar-refractivity contribution is 0.919. The first kappa shape index (κ1) is 25.9. The molecule has 204 valence electrons. The molecule has 2 heteroatoms. The summed E-state index contributed by atoms with van der Waals surface area (Å²) in [7, 11) is 4.43. The number of benzene rings is 6. The normalized spacial score (nSPS) is 12.7. The summed E-state index contributed by atoms with van der Waals surface area (Å²) in [6.45, 7) is 1.59. The summed E-state index contributed by atoms with van der Waals surface area (Å²) in [5, 5.41) is 0. The van der Waals surface area contributed by atoms with Gasteiger partial charge in [-0.3, -0.25) is 0 Å². The van der Waals surface area contributed by atoms with Gasteiger partial charge < -0.3 is 9.80 Å². The van der Waals surface area contributed by atoms with E-state index in [4.69, 9.17) is 0 Å². The second-order valence-corrected chi connectivity index (χ2v) is 11.2. The molecule has 4 bridgehead atoms. The average Bonchev–Trinajstić information content (AvgIpc) is 3.05. The minimum Gasteiger partial charge on any atom is -0.370 e. The smallest absolute Gasteiger partial charge is 0.0446 e. The van der Waals surface area contributed by atoms with E-state index in [0.29, 0.717) is 0 Å². The molecule has 2 nitrogen and oxygen atoms in total. The number of rotatable bonds is 2. The van der Waals surface area contributed by atoms with Gasteiger partial charge in [0.05, 0.1) is 0 Å². The third-order valence-corrected chi connectivity index (χ3v) is 8.45. The fourth-order valence-corrected chi connectivity index (χ4v) is 6.37. The summed E-state index contributed by atoms with van der Waals surface area (Å²) in [6, 6.07) is 53.1. The van der Waals surface area contributed by atoms with Gasteiger partial charge in [0.2, 0.25) is 0 Å². The van der Waals surface area contributed by atoms with Crippen molar-refractivity contribution in [2.24, 2.45) is 0 Å². The molecule has 0 saturated carbocycles. The SMILES string of the molecule is CN1Cc2cc(ccc2-c2ccccc2)-c2ccccc2N(C)Cc2cc(ccc2-c2ccccc2)-c2ccccc21. The summed E-state index contributed by atoms with van der Waals surface area (Å²) in [5.41, 5.74) is 15.1. The number of hydrogen-bond acceptors (Lipinski definition) is 2. The van der Waals surface area contributed by atoms with Gasteiger partial charge in [-0.05, 0) is 68.8 Å². The fourth-order valence-electron chi connectivity index (χ4n) is 6.37. The molecule has 0 saturated heterocycles. The van der Waals surface area contributed by atoms with Gasteiger partial charge in [0.15, 0.2) is 0 Å². The second-order valence-electron chi connectivity index (χ2n) is 11.2. The van der Waals surface area contributed by atoms with Crippen LogP contribution in [0.3, 0.4) is 0 Å². The molecule has 0 unspecified atom stereocenters. The molecule has 7 rings (SSSR count). The van der Waals surface area contributed by atoms with Crippen LogP contribution in [0, 0.1) is 0 Å². The molecule has 0 N–H and O–H groups in total. The van der Waals surface area contributed by atoms with Crippen LogP contribution in [0.4, 0.5) is 11.4 Å². The van der Waals surface area contributed by atoms with Crippen molar-refractivity contribution in [3.05, 3.63) is 157 Å². The summed E-state index contributed by atoms with van der Waals surface area (Å²) in [5.74, 6) is 0. The van der Waals surface area contributed by atoms with E-state index < -0.39 is 0 Å². The first-order valence-corrected chi connectivity index (χ1v) is 14.6. The van der Waals surface area contributed by atoms with Crippen molar-refractivity contribution in [1.29, 1.82) is 0 Å². The van der Waals surface area contributed by atoms with Crippen LogP contribution in [0.5, 0.6) is 0 Å². The highest BCUT2D eigenvalue weighted by molar-refractivity contribution is 5.85. The van der Waals surface area contributed by atoms with E-state index in [2.05, 4.69) is 169 Å². The van der Waals surface area contributed by atoms with Crippen LogP contribution >= 0.6 is 0 Å². The van der Waals surface area contributed by atoms with E-state index in [9.17, 15) is 0 Å². The Kier molecular flexibility index (Phi) is 6.81. The molecule has 0 atom stereocenters. The number of anilines is 2. The van der Waals surface area contributed by atoms with Crippen molar-refractivity contribution >= 4 is 11.4 Å². The maximum atomic E-state index is 2.40. The van der Waals surface area contributed by atoms with Gasteiger partial charge >= 0.3 is 0 Å². The van der Waals surface area contributed by atoms with E-state index in [-0.39, 0.29) is 0 Å². The zero-order valence-electron chi connectivity index (χ0n) is 24.2. The maximum Gasteiger partial charge on any atom is 0.0446 e. The topological polar surface area (TPSA) is 6.48 Å². The van der Waals surface area contributed by atoms with Crippen LogP contribution in [0.2, 0.25) is 0 Å². The van der Waals surface area contributed by atoms with Gasteiger partial charge in [-0.25, -0.2) is 0 Å². The minimum absolute atomic E-state index is 0.794. The van der Waals surface area contributed by atoms with Crippen LogP contribution in [0.15, 0.2) is 146 Å². The van der Waals surface area contributed by atoms with Gasteiger partial charge in [0.1, 0.15) is 0 Å². The standard InChI is InChI=1S/C40H34N2/c1-41-27-33-25-32(22-23-35(33)29-13-5-3-6-14-29)38-18-10-12-20-40(38)42(2)28-34-26-31(37-17-9-11-19-39(37)41)21-24-36(34)30-15-7-4-8-16-30/h3-26H,27-28H2,1-2H3. The van der Waals surface area contributed by atoms with Gasteiger partial charge in [-0.1, -0.05) is 121 Å². The molecular weight excluding hydrogens is 508 g/mol. The van der Waals surface area contributed by atoms with E-state index in [1.807, 2.05) is 0 Å². The molecule has 0 spiro atoms. The number of fused-ring (bicyclic) bond motifs is 8. The summed E-state index contributed by atoms with van der Waals surface area (Å²) in [6.07, 6.45) is 0. The van der Waals surface area contributed by atoms with E-state index in [1.165, 1.54) is 67.0 Å². The number of hydrogen-bond donors (Lipinski definition) is 0. The molecule has 1 heterocycles. The lowest BCUT2D eigenvalue weighted by Crippen LogP contribution is -2.19. The highest BCUT2D eigenvalue weighted by atomic mass is 15.1. The summed E-state index contributed by atoms with van der Waals surface area (Å²) in [4.78, 5) is 4.80. The highest BCUT2D eigenvalue weighted by Gasteiger charge is 2.19. The second kappa shape index (κ2) is 11.1. The predicted octanol–water partition coefficient (Wildman–Crippen LogP) is 9.94. The van der Waals surface area contributed by atoms with Crippen LogP contribution < -0.4 is 9.80 Å². The van der Waals surface area contributed by atoms with Gasteiger partial charge in [0, 0.05) is 49.7 Å². The first-order valence-electron chi connectivity index (χ1n) is 14.6. The van der Waals surface area contributed by atoms with Crippen LogP contribution in [-0.4, -0.2) is 14.1 Å². The molecule has 6 aromatic rings. The Labute approximate surface area is 249 Å². The third kappa shape index (κ3) is 4.86. The minimum atomic E-state index is 0.794. The number of nitrogens with zero attached hydrogens (tertiary/aromatic N) is 2. The largest absolute Gasteiger partial charge is 0.370 e. The Balaban J connectivity index is 1.46. The molecule has 0 radical (unpaired) electrons. The molecule has 0 fully saturated rings. The van der Waals surface area contributed by atoms with Crippen molar-refractivity contribution in [1.82, 2.24) is 0 Å². The predicted molar refractivity (Wildman–Crippen MR) is 179 cm³/mol. The maximum absolute atomic E-state index is 2.40. The van der Waals surface area contributed by atoms with Crippen molar-refractivity contribution in [2.45, 2.75) is 13.1 Å². The van der Waals surface area contributed by atoms with Crippen LogP contribution in [0.1, 0.15) is 11.1 Å². The molecule has 1 aliphatic heterocycles. The monoisotopic (exact) mass is 542 g/mol. The van der Waals surface area contributed by atoms with E-state index >= 15 is 0 Å². The molecule has 6 aromatic carbocycles. The average molecular weight is 543 g/mol. The van der Waals surface area contributed by atoms with Crippen LogP contribution in [0.25, 0.3) is 44.5 Å². The zero-order chi connectivity index (χ0) is 28.5. The Morgan fingerprint density at radius 1 is 0.357 bits per heavy atom. The van der Waals surface area contributed by atoms with Crippen molar-refractivity contribution in [3.8, 4) is 44.5 Å². The Morgan fingerprint density at radius 3 is 1.17 bits per heavy atom. The molecule has 1 aliphatic rings. The van der Waals surface area contributed by atoms with Crippen molar-refractivity contribution < 1.29 is 0 Å². The summed E-state index contributed by atoms with van der Waals surface area (Å²) < 4.78 is 0. The molecule has 0 aromatic heterocycles. The van der Waals surface area contributed by atoms with Gasteiger partial charge in [-0.2, -0.15) is 0 Å². The first-order chi connectivity index (χ1) is 20.7. The fraction of sp³-hybridized carbons (Fsp3) is 0.100. The van der Waals surface area contributed by atoms with Gasteiger partial charge in [-0.15, -0.1) is 0 Å². The zero-order valence-corrected chi connectivity index (χ0v) is 24.2. The lowest BCUT2D eigenvalue weighted by Gasteiger charge is -2.28. The van der Waals surface area contributed by atoms with Crippen molar-refractivity contribution in [3.63, 3.8) is 0 Å². The number of para-hydroxylation sites is 2. The summed E-state index contributed by atoms with van der Waals surface area (Å²) >= 11 is 0. The Hall–Kier alpha value is -5.08. The molecule has 0 amide bonds. The molecular formula is C40H34N2. The highest BCUT2D eigenvalue weighted by Crippen LogP contribution is 2.39. The van der Waals surface area contributed by atoms with Crippen LogP contribution in [-0.2, 0) is 13.1 Å². The van der Waals surface area contributed by atoms with E-state index in [1.54, 1.807) is 0 Å². The molecule has 42 heavy (non-hydrogen) atoms. The third-order valence-electron chi connectivity index (χ3n) is 8.45. The Morgan fingerprint density at radius 2 is 0.738 bits per heavy atom. The van der Waals surface area contributed by atoms with Gasteiger partial charge in [0.25, 0.3) is 0 Å².